The number of esters is 1. The summed E-state index contributed by atoms with van der Waals surface area (Å²) in [5.74, 6) is -0.535. The fraction of sp³-hybridized carbons (Fsp3) is 0.542. The first-order valence-electron chi connectivity index (χ1n) is 10.1. The van der Waals surface area contributed by atoms with Crippen LogP contribution in [-0.4, -0.2) is 37.0 Å². The highest BCUT2D eigenvalue weighted by molar-refractivity contribution is 5.74. The minimum Gasteiger partial charge on any atom is -0.469 e. The summed E-state index contributed by atoms with van der Waals surface area (Å²) in [6.45, 7) is 6.42. The molecule has 2 atom stereocenters. The van der Waals surface area contributed by atoms with Crippen molar-refractivity contribution in [2.75, 3.05) is 14.2 Å². The van der Waals surface area contributed by atoms with Gasteiger partial charge in [-0.15, -0.1) is 0 Å². The number of allylic oxidation sites excluding steroid dienone is 2. The maximum atomic E-state index is 13.5. The van der Waals surface area contributed by atoms with E-state index in [0.29, 0.717) is 25.7 Å². The maximum Gasteiger partial charge on any atom is 0.305 e. The molecule has 160 valence electrons. The minimum atomic E-state index is -0.645. The Hall–Kier alpha value is -1.98. The van der Waals surface area contributed by atoms with E-state index in [2.05, 4.69) is 25.5 Å². The summed E-state index contributed by atoms with van der Waals surface area (Å²) in [6.07, 6.45) is 6.00. The number of carbonyl (C=O) groups excluding carboxylic acids is 1. The van der Waals surface area contributed by atoms with Crippen LogP contribution in [0.25, 0.3) is 5.57 Å². The molecule has 5 heteroatoms. The monoisotopic (exact) mass is 404 g/mol. The van der Waals surface area contributed by atoms with Crippen molar-refractivity contribution in [2.24, 2.45) is 5.41 Å². The first-order chi connectivity index (χ1) is 13.6. The van der Waals surface area contributed by atoms with Crippen molar-refractivity contribution in [3.05, 3.63) is 53.4 Å². The molecule has 0 saturated heterocycles. The second-order valence-electron chi connectivity index (χ2n) is 8.69. The molecule has 1 aliphatic carbocycles. The molecule has 0 spiro atoms. The van der Waals surface area contributed by atoms with Crippen molar-refractivity contribution >= 4 is 11.5 Å². The third-order valence-corrected chi connectivity index (χ3v) is 5.70. The van der Waals surface area contributed by atoms with Crippen LogP contribution in [0.15, 0.2) is 42.0 Å². The minimum absolute atomic E-state index is 0.186. The number of aliphatic hydroxyl groups excluding tert-OH is 1. The fourth-order valence-electron chi connectivity index (χ4n) is 4.21. The summed E-state index contributed by atoms with van der Waals surface area (Å²) >= 11 is 0. The van der Waals surface area contributed by atoms with E-state index in [-0.39, 0.29) is 22.8 Å². The van der Waals surface area contributed by atoms with Gasteiger partial charge in [0.15, 0.2) is 0 Å². The van der Waals surface area contributed by atoms with E-state index >= 15 is 0 Å². The van der Waals surface area contributed by atoms with Crippen molar-refractivity contribution < 1.29 is 23.8 Å². The van der Waals surface area contributed by atoms with Gasteiger partial charge in [0.2, 0.25) is 0 Å². The van der Waals surface area contributed by atoms with Crippen LogP contribution in [-0.2, 0) is 14.3 Å². The second-order valence-corrected chi connectivity index (χ2v) is 8.69. The van der Waals surface area contributed by atoms with E-state index in [1.807, 2.05) is 6.08 Å². The van der Waals surface area contributed by atoms with Crippen molar-refractivity contribution in [1.82, 2.24) is 0 Å². The van der Waals surface area contributed by atoms with Crippen LogP contribution in [0.2, 0.25) is 0 Å². The Morgan fingerprint density at radius 2 is 1.90 bits per heavy atom. The molecule has 0 fully saturated rings. The Bertz CT molecular complexity index is 764. The molecule has 0 heterocycles. The number of ether oxygens (including phenoxy) is 2. The molecule has 0 aliphatic heterocycles. The Balaban J connectivity index is 2.32. The lowest BCUT2D eigenvalue weighted by Crippen LogP contribution is -2.39. The molecule has 0 radical (unpaired) electrons. The molecule has 0 saturated carbocycles. The normalized spacial score (nSPS) is 22.7. The zero-order valence-electron chi connectivity index (χ0n) is 18.1. The molecular formula is C24H33FO4. The fourth-order valence-corrected chi connectivity index (χ4v) is 4.21. The SMILES string of the molecule is COC(=O)CCC[C@H](O)/C=C/C1=C(c2ccc(F)cc2)CC(C)(OC)CC1(C)C. The van der Waals surface area contributed by atoms with Gasteiger partial charge in [-0.3, -0.25) is 4.79 Å². The Morgan fingerprint density at radius 1 is 1.24 bits per heavy atom. The van der Waals surface area contributed by atoms with Crippen LogP contribution in [0.5, 0.6) is 0 Å². The van der Waals surface area contributed by atoms with Gasteiger partial charge in [0.1, 0.15) is 5.82 Å². The topological polar surface area (TPSA) is 55.8 Å². The zero-order valence-corrected chi connectivity index (χ0v) is 18.1. The van der Waals surface area contributed by atoms with Crippen molar-refractivity contribution in [3.8, 4) is 0 Å². The number of hydrogen-bond acceptors (Lipinski definition) is 4. The smallest absolute Gasteiger partial charge is 0.305 e. The Kier molecular flexibility index (Phi) is 7.78. The van der Waals surface area contributed by atoms with Crippen molar-refractivity contribution in [3.63, 3.8) is 0 Å². The molecule has 1 aromatic carbocycles. The first kappa shape index (κ1) is 23.3. The van der Waals surface area contributed by atoms with Gasteiger partial charge in [-0.05, 0) is 60.4 Å². The lowest BCUT2D eigenvalue weighted by atomic mass is 9.65. The predicted molar refractivity (Wildman–Crippen MR) is 113 cm³/mol. The van der Waals surface area contributed by atoms with Crippen LogP contribution in [0.4, 0.5) is 4.39 Å². The van der Waals surface area contributed by atoms with E-state index in [0.717, 1.165) is 23.1 Å². The molecule has 29 heavy (non-hydrogen) atoms. The van der Waals surface area contributed by atoms with E-state index in [4.69, 9.17) is 4.74 Å². The Morgan fingerprint density at radius 3 is 2.48 bits per heavy atom. The first-order valence-corrected chi connectivity index (χ1v) is 10.1. The summed E-state index contributed by atoms with van der Waals surface area (Å²) in [6, 6.07) is 6.53. The van der Waals surface area contributed by atoms with Gasteiger partial charge in [-0.25, -0.2) is 4.39 Å². The van der Waals surface area contributed by atoms with E-state index < -0.39 is 6.10 Å². The number of carbonyl (C=O) groups is 1. The summed E-state index contributed by atoms with van der Waals surface area (Å²) in [5.41, 5.74) is 2.68. The molecular weight excluding hydrogens is 371 g/mol. The number of methoxy groups -OCH3 is 2. The molecule has 0 amide bonds. The van der Waals surface area contributed by atoms with Gasteiger partial charge in [0, 0.05) is 20.0 Å². The van der Waals surface area contributed by atoms with Gasteiger partial charge >= 0.3 is 5.97 Å². The van der Waals surface area contributed by atoms with Gasteiger partial charge in [-0.1, -0.05) is 38.1 Å². The van der Waals surface area contributed by atoms with Gasteiger partial charge in [-0.2, -0.15) is 0 Å². The average Bonchev–Trinajstić information content (AvgIpc) is 2.66. The van der Waals surface area contributed by atoms with E-state index in [1.54, 1.807) is 25.3 Å². The van der Waals surface area contributed by atoms with Crippen LogP contribution in [0.3, 0.4) is 0 Å². The largest absolute Gasteiger partial charge is 0.469 e. The molecule has 2 rings (SSSR count). The number of aliphatic hydroxyl groups is 1. The van der Waals surface area contributed by atoms with Gasteiger partial charge in [0.05, 0.1) is 18.8 Å². The molecule has 1 aromatic rings. The molecule has 1 unspecified atom stereocenters. The second kappa shape index (κ2) is 9.68. The quantitative estimate of drug-likeness (QED) is 0.615. The summed E-state index contributed by atoms with van der Waals surface area (Å²) in [4.78, 5) is 11.2. The third kappa shape index (κ3) is 6.25. The summed E-state index contributed by atoms with van der Waals surface area (Å²) in [7, 11) is 3.09. The lowest BCUT2D eigenvalue weighted by molar-refractivity contribution is -0.140. The molecule has 4 nitrogen and oxygen atoms in total. The van der Waals surface area contributed by atoms with Crippen molar-refractivity contribution in [1.29, 1.82) is 0 Å². The van der Waals surface area contributed by atoms with Gasteiger partial charge < -0.3 is 14.6 Å². The number of halogens is 1. The number of benzene rings is 1. The highest BCUT2D eigenvalue weighted by atomic mass is 19.1. The lowest BCUT2D eigenvalue weighted by Gasteiger charge is -2.44. The molecule has 1 aliphatic rings. The molecule has 0 bridgehead atoms. The highest BCUT2D eigenvalue weighted by Crippen LogP contribution is 2.49. The molecule has 1 N–H and O–H groups in total. The highest BCUT2D eigenvalue weighted by Gasteiger charge is 2.41. The van der Waals surface area contributed by atoms with Crippen LogP contribution in [0, 0.1) is 11.2 Å². The zero-order chi connectivity index (χ0) is 21.7. The number of hydrogen-bond donors (Lipinski definition) is 1. The summed E-state index contributed by atoms with van der Waals surface area (Å²) < 4.78 is 23.9. The number of rotatable bonds is 8. The third-order valence-electron chi connectivity index (χ3n) is 5.70. The van der Waals surface area contributed by atoms with Crippen LogP contribution >= 0.6 is 0 Å². The standard InChI is InChI=1S/C24H33FO4/c1-23(2)16-24(3,29-5)15-20(17-9-11-18(25)12-10-17)21(23)14-13-19(26)7-6-8-22(27)28-4/h9-14,19,26H,6-8,15-16H2,1-5H3/b14-13+/t19-,24?/m0/s1. The summed E-state index contributed by atoms with van der Waals surface area (Å²) in [5, 5.41) is 10.3. The predicted octanol–water partition coefficient (Wildman–Crippen LogP) is 5.06. The average molecular weight is 405 g/mol. The van der Waals surface area contributed by atoms with Crippen molar-refractivity contribution in [2.45, 2.75) is 64.6 Å². The Labute approximate surface area is 173 Å². The van der Waals surface area contributed by atoms with E-state index in [1.165, 1.54) is 19.2 Å². The van der Waals surface area contributed by atoms with Crippen LogP contribution in [0.1, 0.15) is 58.4 Å². The maximum absolute atomic E-state index is 13.5. The molecule has 0 aromatic heterocycles. The van der Waals surface area contributed by atoms with E-state index in [9.17, 15) is 14.3 Å². The van der Waals surface area contributed by atoms with Gasteiger partial charge in [0.25, 0.3) is 0 Å². The van der Waals surface area contributed by atoms with Crippen LogP contribution < -0.4 is 0 Å².